The molecule has 1 N–H and O–H groups in total. The van der Waals surface area contributed by atoms with Crippen LogP contribution in [0.3, 0.4) is 0 Å². The Bertz CT molecular complexity index is 794. The lowest BCUT2D eigenvalue weighted by molar-refractivity contribution is 0.174. The predicted octanol–water partition coefficient (Wildman–Crippen LogP) is 3.56. The second-order valence-corrected chi connectivity index (χ2v) is 6.96. The van der Waals surface area contributed by atoms with Crippen LogP contribution < -0.4 is 14.8 Å². The van der Waals surface area contributed by atoms with Crippen molar-refractivity contribution in [1.29, 1.82) is 0 Å². The second-order valence-electron chi connectivity index (χ2n) is 6.96. The molecule has 2 aromatic carbocycles. The van der Waals surface area contributed by atoms with Crippen LogP contribution in [0.25, 0.3) is 11.1 Å². The molecule has 1 aliphatic carbocycles. The van der Waals surface area contributed by atoms with Crippen molar-refractivity contribution in [3.05, 3.63) is 47.0 Å². The van der Waals surface area contributed by atoms with Crippen LogP contribution in [0.4, 0.5) is 0 Å². The van der Waals surface area contributed by atoms with E-state index in [2.05, 4.69) is 49.5 Å². The van der Waals surface area contributed by atoms with E-state index < -0.39 is 0 Å². The van der Waals surface area contributed by atoms with Gasteiger partial charge in [0.25, 0.3) is 0 Å². The van der Waals surface area contributed by atoms with Crippen molar-refractivity contribution in [3.8, 4) is 22.6 Å². The van der Waals surface area contributed by atoms with E-state index in [-0.39, 0.29) is 5.41 Å². The Balaban J connectivity index is 1.93. The van der Waals surface area contributed by atoms with E-state index in [1.807, 2.05) is 0 Å². The fourth-order valence-corrected chi connectivity index (χ4v) is 4.40. The van der Waals surface area contributed by atoms with Crippen LogP contribution >= 0.6 is 0 Å². The molecule has 2 aliphatic heterocycles. The number of benzene rings is 2. The highest BCUT2D eigenvalue weighted by Crippen LogP contribution is 2.57. The van der Waals surface area contributed by atoms with Crippen LogP contribution in [0.15, 0.2) is 30.3 Å². The summed E-state index contributed by atoms with van der Waals surface area (Å²) >= 11 is 0. The van der Waals surface area contributed by atoms with Crippen LogP contribution in [-0.2, 0) is 11.8 Å². The quantitative estimate of drug-likeness (QED) is 0.805. The van der Waals surface area contributed by atoms with E-state index in [0.717, 1.165) is 24.5 Å². The maximum absolute atomic E-state index is 5.84. The van der Waals surface area contributed by atoms with Crippen molar-refractivity contribution >= 4 is 0 Å². The molecular formula is C19H19NO2. The Kier molecular flexibility index (Phi) is 2.31. The Hall–Kier alpha value is -2.00. The number of ether oxygens (including phenoxy) is 2. The third kappa shape index (κ3) is 1.40. The molecule has 0 aromatic heterocycles. The van der Waals surface area contributed by atoms with Gasteiger partial charge in [-0.3, -0.25) is 0 Å². The molecule has 0 bridgehead atoms. The van der Waals surface area contributed by atoms with Crippen LogP contribution in [0, 0.1) is 0 Å². The lowest BCUT2D eigenvalue weighted by Crippen LogP contribution is -2.44. The van der Waals surface area contributed by atoms with Gasteiger partial charge in [0.15, 0.2) is 11.5 Å². The van der Waals surface area contributed by atoms with Gasteiger partial charge in [-0.25, -0.2) is 0 Å². The second kappa shape index (κ2) is 4.05. The summed E-state index contributed by atoms with van der Waals surface area (Å²) in [6, 6.07) is 11.3. The Labute approximate surface area is 130 Å². The first-order valence-corrected chi connectivity index (χ1v) is 7.96. The zero-order valence-corrected chi connectivity index (χ0v) is 12.9. The average molecular weight is 293 g/mol. The maximum Gasteiger partial charge on any atom is 0.231 e. The third-order valence-corrected chi connectivity index (χ3v) is 5.43. The first-order valence-electron chi connectivity index (χ1n) is 7.96. The van der Waals surface area contributed by atoms with Crippen LogP contribution in [-0.4, -0.2) is 13.3 Å². The molecule has 1 atom stereocenters. The van der Waals surface area contributed by atoms with E-state index in [4.69, 9.17) is 9.47 Å². The highest BCUT2D eigenvalue weighted by Gasteiger charge is 2.44. The van der Waals surface area contributed by atoms with E-state index in [0.29, 0.717) is 12.8 Å². The zero-order valence-electron chi connectivity index (χ0n) is 12.9. The summed E-state index contributed by atoms with van der Waals surface area (Å²) in [5.74, 6) is 1.83. The van der Waals surface area contributed by atoms with Crippen LogP contribution in [0.1, 0.15) is 36.6 Å². The van der Waals surface area contributed by atoms with E-state index >= 15 is 0 Å². The Morgan fingerprint density at radius 3 is 2.95 bits per heavy atom. The minimum absolute atomic E-state index is 0.0620. The summed E-state index contributed by atoms with van der Waals surface area (Å²) < 4.78 is 11.5. The monoisotopic (exact) mass is 293 g/mol. The molecule has 2 aromatic rings. The SMILES string of the molecule is CC1(C)c2ccccc2-c2c3c(cc4c2[C@@H]1NCC4)OCO3. The number of hydrogen-bond donors (Lipinski definition) is 1. The standard InChI is InChI=1S/C19H19NO2/c1-19(2)13-6-4-3-5-12(13)16-15-11(7-8-20-18(15)19)9-14-17(16)22-10-21-14/h3-6,9,18,20H,7-8,10H2,1-2H3/t18-/m0/s1. The molecule has 0 saturated carbocycles. The zero-order chi connectivity index (χ0) is 14.9. The predicted molar refractivity (Wildman–Crippen MR) is 85.5 cm³/mol. The van der Waals surface area contributed by atoms with Crippen molar-refractivity contribution < 1.29 is 9.47 Å². The molecular weight excluding hydrogens is 274 g/mol. The van der Waals surface area contributed by atoms with Gasteiger partial charge in [0.1, 0.15) is 0 Å². The van der Waals surface area contributed by atoms with Gasteiger partial charge in [-0.1, -0.05) is 38.1 Å². The lowest BCUT2D eigenvalue weighted by Gasteiger charge is -2.45. The number of rotatable bonds is 0. The van der Waals surface area contributed by atoms with Crippen LogP contribution in [0.5, 0.6) is 11.5 Å². The fourth-order valence-electron chi connectivity index (χ4n) is 4.40. The number of hydrogen-bond acceptors (Lipinski definition) is 3. The number of fused-ring (bicyclic) bond motifs is 4. The van der Waals surface area contributed by atoms with Crippen molar-refractivity contribution in [2.45, 2.75) is 31.7 Å². The van der Waals surface area contributed by atoms with Crippen molar-refractivity contribution in [3.63, 3.8) is 0 Å². The van der Waals surface area contributed by atoms with Gasteiger partial charge >= 0.3 is 0 Å². The largest absolute Gasteiger partial charge is 0.454 e. The normalized spacial score (nSPS) is 22.9. The van der Waals surface area contributed by atoms with E-state index in [9.17, 15) is 0 Å². The van der Waals surface area contributed by atoms with E-state index in [1.165, 1.54) is 27.8 Å². The van der Waals surface area contributed by atoms with Gasteiger partial charge in [0.2, 0.25) is 6.79 Å². The average Bonchev–Trinajstić information content (AvgIpc) is 2.99. The van der Waals surface area contributed by atoms with Gasteiger partial charge in [-0.15, -0.1) is 0 Å². The Morgan fingerprint density at radius 1 is 1.18 bits per heavy atom. The van der Waals surface area contributed by atoms with Gasteiger partial charge in [0.05, 0.1) is 0 Å². The molecule has 0 radical (unpaired) electrons. The molecule has 3 heteroatoms. The molecule has 22 heavy (non-hydrogen) atoms. The van der Waals surface area contributed by atoms with E-state index in [1.54, 1.807) is 0 Å². The van der Waals surface area contributed by atoms with Crippen molar-refractivity contribution in [2.75, 3.05) is 13.3 Å². The topological polar surface area (TPSA) is 30.5 Å². The smallest absolute Gasteiger partial charge is 0.231 e. The van der Waals surface area contributed by atoms with Gasteiger partial charge in [-0.2, -0.15) is 0 Å². The van der Waals surface area contributed by atoms with Crippen LogP contribution in [0.2, 0.25) is 0 Å². The summed E-state index contributed by atoms with van der Waals surface area (Å²) in [6.07, 6.45) is 1.05. The maximum atomic E-state index is 5.84. The molecule has 0 unspecified atom stereocenters. The molecule has 3 aliphatic rings. The minimum Gasteiger partial charge on any atom is -0.454 e. The Morgan fingerprint density at radius 2 is 2.05 bits per heavy atom. The molecule has 2 heterocycles. The minimum atomic E-state index is 0.0620. The fraction of sp³-hybridized carbons (Fsp3) is 0.368. The summed E-state index contributed by atoms with van der Waals surface area (Å²) in [5.41, 5.74) is 6.82. The van der Waals surface area contributed by atoms with Gasteiger partial charge < -0.3 is 14.8 Å². The molecule has 0 fully saturated rings. The summed E-state index contributed by atoms with van der Waals surface area (Å²) in [5, 5.41) is 3.74. The third-order valence-electron chi connectivity index (χ3n) is 5.43. The van der Waals surface area contributed by atoms with Gasteiger partial charge in [0, 0.05) is 17.0 Å². The highest BCUT2D eigenvalue weighted by molar-refractivity contribution is 5.85. The lowest BCUT2D eigenvalue weighted by atomic mass is 9.64. The summed E-state index contributed by atoms with van der Waals surface area (Å²) in [7, 11) is 0. The number of nitrogens with one attached hydrogen (secondary N) is 1. The molecule has 0 spiro atoms. The first kappa shape index (κ1) is 12.5. The first-order chi connectivity index (χ1) is 10.7. The molecule has 0 amide bonds. The summed E-state index contributed by atoms with van der Waals surface area (Å²) in [4.78, 5) is 0. The molecule has 3 nitrogen and oxygen atoms in total. The molecule has 5 rings (SSSR count). The van der Waals surface area contributed by atoms with Gasteiger partial charge in [-0.05, 0) is 41.3 Å². The molecule has 0 saturated heterocycles. The summed E-state index contributed by atoms with van der Waals surface area (Å²) in [6.45, 7) is 6.02. The van der Waals surface area contributed by atoms with Crippen molar-refractivity contribution in [1.82, 2.24) is 5.32 Å². The highest BCUT2D eigenvalue weighted by atomic mass is 16.7. The molecule has 112 valence electrons. The van der Waals surface area contributed by atoms with Crippen molar-refractivity contribution in [2.24, 2.45) is 0 Å².